The molecule has 0 atom stereocenters. The zero-order chi connectivity index (χ0) is 19.8. The SMILES string of the molecule is C/C(=N/NC(=O)Cn1nnc2ccccc21)c1sc2nc(C)cc(C)c2c1N. The van der Waals surface area contributed by atoms with Crippen LogP contribution in [0.25, 0.3) is 21.3 Å². The molecule has 4 rings (SSSR count). The van der Waals surface area contributed by atoms with Crippen molar-refractivity contribution in [3.63, 3.8) is 0 Å². The molecule has 3 N–H and O–H groups in total. The number of amides is 1. The van der Waals surface area contributed by atoms with Gasteiger partial charge in [-0.3, -0.25) is 4.79 Å². The maximum Gasteiger partial charge on any atom is 0.261 e. The molecule has 0 saturated carbocycles. The van der Waals surface area contributed by atoms with E-state index in [2.05, 4.69) is 25.8 Å². The summed E-state index contributed by atoms with van der Waals surface area (Å²) >= 11 is 1.47. The standard InChI is InChI=1S/C19H19N7OS/c1-10-8-11(2)21-19-16(10)17(20)18(28-19)12(3)22-24-15(27)9-26-14-7-5-4-6-13(14)23-25-26/h4-8H,9,20H2,1-3H3,(H,24,27)/b22-12-. The molecule has 8 nitrogen and oxygen atoms in total. The number of nitrogens with one attached hydrogen (secondary N) is 1. The molecule has 4 aromatic rings. The van der Waals surface area contributed by atoms with E-state index in [-0.39, 0.29) is 12.5 Å². The lowest BCUT2D eigenvalue weighted by molar-refractivity contribution is -0.121. The van der Waals surface area contributed by atoms with E-state index in [1.807, 2.05) is 51.1 Å². The number of para-hydroxylation sites is 1. The zero-order valence-electron chi connectivity index (χ0n) is 15.7. The van der Waals surface area contributed by atoms with Gasteiger partial charge in [-0.2, -0.15) is 5.10 Å². The van der Waals surface area contributed by atoms with Gasteiger partial charge in [0.15, 0.2) is 0 Å². The van der Waals surface area contributed by atoms with E-state index in [4.69, 9.17) is 5.73 Å². The summed E-state index contributed by atoms with van der Waals surface area (Å²) in [5.41, 5.74) is 13.7. The number of anilines is 1. The van der Waals surface area contributed by atoms with Gasteiger partial charge in [-0.1, -0.05) is 17.3 Å². The van der Waals surface area contributed by atoms with Crippen LogP contribution < -0.4 is 11.2 Å². The number of fused-ring (bicyclic) bond motifs is 2. The molecule has 0 radical (unpaired) electrons. The third-order valence-electron chi connectivity index (χ3n) is 4.41. The molecule has 0 aliphatic heterocycles. The minimum Gasteiger partial charge on any atom is -0.397 e. The summed E-state index contributed by atoms with van der Waals surface area (Å²) in [6.45, 7) is 5.81. The Morgan fingerprint density at radius 3 is 2.93 bits per heavy atom. The molecule has 0 saturated heterocycles. The number of rotatable bonds is 4. The highest BCUT2D eigenvalue weighted by atomic mass is 32.1. The van der Waals surface area contributed by atoms with Gasteiger partial charge in [-0.15, -0.1) is 16.4 Å². The molecule has 9 heteroatoms. The topological polar surface area (TPSA) is 111 Å². The Labute approximate surface area is 165 Å². The molecular weight excluding hydrogens is 374 g/mol. The number of hydrogen-bond donors (Lipinski definition) is 2. The predicted octanol–water partition coefficient (Wildman–Crippen LogP) is 2.78. The average Bonchev–Trinajstić information content (AvgIpc) is 3.21. The first-order chi connectivity index (χ1) is 13.4. The van der Waals surface area contributed by atoms with Crippen molar-refractivity contribution >= 4 is 49.9 Å². The van der Waals surface area contributed by atoms with E-state index in [0.29, 0.717) is 11.4 Å². The summed E-state index contributed by atoms with van der Waals surface area (Å²) in [5.74, 6) is -0.292. The summed E-state index contributed by atoms with van der Waals surface area (Å²) in [6.07, 6.45) is 0. The van der Waals surface area contributed by atoms with Crippen molar-refractivity contribution in [1.29, 1.82) is 0 Å². The molecule has 28 heavy (non-hydrogen) atoms. The average molecular weight is 393 g/mol. The summed E-state index contributed by atoms with van der Waals surface area (Å²) < 4.78 is 1.54. The van der Waals surface area contributed by atoms with Crippen LogP contribution in [0.15, 0.2) is 35.4 Å². The van der Waals surface area contributed by atoms with E-state index >= 15 is 0 Å². The number of thiophene rings is 1. The molecule has 3 heterocycles. The van der Waals surface area contributed by atoms with Gasteiger partial charge in [-0.05, 0) is 44.5 Å². The van der Waals surface area contributed by atoms with E-state index in [9.17, 15) is 4.79 Å². The number of carbonyl (C=O) groups is 1. The van der Waals surface area contributed by atoms with Crippen LogP contribution in [0.1, 0.15) is 23.1 Å². The molecule has 1 aromatic carbocycles. The lowest BCUT2D eigenvalue weighted by atomic mass is 10.1. The molecule has 142 valence electrons. The van der Waals surface area contributed by atoms with Crippen LogP contribution in [0, 0.1) is 13.8 Å². The third-order valence-corrected chi connectivity index (χ3v) is 5.62. The molecule has 0 aliphatic carbocycles. The molecule has 0 spiro atoms. The second-order valence-corrected chi connectivity index (χ2v) is 7.57. The fourth-order valence-electron chi connectivity index (χ4n) is 3.14. The van der Waals surface area contributed by atoms with E-state index in [0.717, 1.165) is 37.4 Å². The van der Waals surface area contributed by atoms with Gasteiger partial charge in [0.2, 0.25) is 0 Å². The van der Waals surface area contributed by atoms with Crippen LogP contribution in [0.3, 0.4) is 0 Å². The third kappa shape index (κ3) is 3.20. The van der Waals surface area contributed by atoms with E-state index in [1.165, 1.54) is 11.3 Å². The van der Waals surface area contributed by atoms with Gasteiger partial charge >= 0.3 is 0 Å². The number of aromatic nitrogens is 4. The second kappa shape index (κ2) is 7.01. The minimum absolute atomic E-state index is 0.0268. The number of nitrogen functional groups attached to an aromatic ring is 1. The van der Waals surface area contributed by atoms with Gasteiger partial charge in [0.05, 0.1) is 21.8 Å². The maximum atomic E-state index is 12.3. The van der Waals surface area contributed by atoms with Crippen LogP contribution >= 0.6 is 11.3 Å². The Morgan fingerprint density at radius 1 is 1.32 bits per heavy atom. The quantitative estimate of drug-likeness (QED) is 0.409. The Morgan fingerprint density at radius 2 is 2.11 bits per heavy atom. The lowest BCUT2D eigenvalue weighted by Gasteiger charge is -2.03. The number of hydrazone groups is 1. The first-order valence-electron chi connectivity index (χ1n) is 8.72. The number of carbonyl (C=O) groups excluding carboxylic acids is 1. The summed E-state index contributed by atoms with van der Waals surface area (Å²) in [7, 11) is 0. The number of aryl methyl sites for hydroxylation is 2. The molecule has 1 amide bonds. The van der Waals surface area contributed by atoms with Crippen molar-refractivity contribution in [2.24, 2.45) is 5.10 Å². The van der Waals surface area contributed by atoms with Gasteiger partial charge in [0.1, 0.15) is 16.9 Å². The predicted molar refractivity (Wildman–Crippen MR) is 111 cm³/mol. The highest BCUT2D eigenvalue weighted by molar-refractivity contribution is 7.21. The minimum atomic E-state index is -0.292. The molecule has 0 aliphatic rings. The van der Waals surface area contributed by atoms with Crippen LogP contribution in [0.2, 0.25) is 0 Å². The van der Waals surface area contributed by atoms with Crippen LogP contribution in [0.5, 0.6) is 0 Å². The molecule has 0 unspecified atom stereocenters. The van der Waals surface area contributed by atoms with Crippen molar-refractivity contribution < 1.29 is 4.79 Å². The molecule has 0 bridgehead atoms. The fraction of sp³-hybridized carbons (Fsp3) is 0.211. The van der Waals surface area contributed by atoms with Crippen molar-refractivity contribution in [2.75, 3.05) is 5.73 Å². The molecular formula is C19H19N7OS. The molecule has 0 fully saturated rings. The second-order valence-electron chi connectivity index (χ2n) is 6.57. The Kier molecular flexibility index (Phi) is 4.52. The number of pyridine rings is 1. The monoisotopic (exact) mass is 393 g/mol. The van der Waals surface area contributed by atoms with Crippen molar-refractivity contribution in [1.82, 2.24) is 25.4 Å². The van der Waals surface area contributed by atoms with Crippen molar-refractivity contribution in [3.8, 4) is 0 Å². The van der Waals surface area contributed by atoms with E-state index < -0.39 is 0 Å². The molecule has 3 aromatic heterocycles. The first-order valence-corrected chi connectivity index (χ1v) is 9.53. The van der Waals surface area contributed by atoms with Gasteiger partial charge in [0, 0.05) is 11.1 Å². The normalized spacial score (nSPS) is 12.0. The fourth-order valence-corrected chi connectivity index (χ4v) is 4.30. The van der Waals surface area contributed by atoms with Crippen LogP contribution in [-0.4, -0.2) is 31.6 Å². The Bertz CT molecular complexity index is 1240. The smallest absolute Gasteiger partial charge is 0.261 e. The zero-order valence-corrected chi connectivity index (χ0v) is 16.5. The van der Waals surface area contributed by atoms with Crippen molar-refractivity contribution in [3.05, 3.63) is 46.5 Å². The summed E-state index contributed by atoms with van der Waals surface area (Å²) in [4.78, 5) is 18.5. The highest BCUT2D eigenvalue weighted by Crippen LogP contribution is 2.35. The van der Waals surface area contributed by atoms with Gasteiger partial charge in [0.25, 0.3) is 5.91 Å². The van der Waals surface area contributed by atoms with E-state index in [1.54, 1.807) is 4.68 Å². The number of hydrogen-bond acceptors (Lipinski definition) is 7. The largest absolute Gasteiger partial charge is 0.397 e. The Hall–Kier alpha value is -3.33. The number of nitrogens with two attached hydrogens (primary N) is 1. The van der Waals surface area contributed by atoms with Crippen molar-refractivity contribution in [2.45, 2.75) is 27.3 Å². The number of nitrogens with zero attached hydrogens (tertiary/aromatic N) is 5. The number of benzene rings is 1. The summed E-state index contributed by atoms with van der Waals surface area (Å²) in [5, 5.41) is 13.2. The maximum absolute atomic E-state index is 12.3. The van der Waals surface area contributed by atoms with Gasteiger partial charge in [-0.25, -0.2) is 15.1 Å². The first kappa shape index (κ1) is 18.1. The van der Waals surface area contributed by atoms with Crippen LogP contribution in [0.4, 0.5) is 5.69 Å². The highest BCUT2D eigenvalue weighted by Gasteiger charge is 2.16. The summed E-state index contributed by atoms with van der Waals surface area (Å²) in [6, 6.07) is 9.48. The van der Waals surface area contributed by atoms with Crippen LogP contribution in [-0.2, 0) is 11.3 Å². The van der Waals surface area contributed by atoms with Gasteiger partial charge < -0.3 is 5.73 Å². The lowest BCUT2D eigenvalue weighted by Crippen LogP contribution is -2.24. The Balaban J connectivity index is 1.54.